The number of hydrogen-bond donors (Lipinski definition) is 3. The van der Waals surface area contributed by atoms with E-state index in [1.807, 2.05) is 11.8 Å². The summed E-state index contributed by atoms with van der Waals surface area (Å²) in [4.78, 5) is 31.0. The van der Waals surface area contributed by atoms with Crippen LogP contribution in [-0.4, -0.2) is 52.2 Å². The SMILES string of the molecule is Cc1oncc1CN1C[C@@H](F)C[C@H]1CNC(=O)c1ccc(C(=O)Nc2ccccc2N)nc1. The van der Waals surface area contributed by atoms with Gasteiger partial charge in [-0.05, 0) is 37.6 Å². The molecule has 2 amide bonds. The standard InChI is InChI=1S/C23H25FN6O3/c1-14-16(10-28-33-14)12-30-13-17(24)8-18(30)11-27-22(31)15-6-7-21(26-9-15)23(32)29-20-5-3-2-4-19(20)25/h2-7,9-10,17-18H,8,11-13,25H2,1H3,(H,27,31)(H,29,32)/t17-,18-/m0/s1. The second-order valence-corrected chi connectivity index (χ2v) is 8.01. The largest absolute Gasteiger partial charge is 0.397 e. The number of alkyl halides is 1. The molecule has 1 saturated heterocycles. The molecule has 172 valence electrons. The number of nitrogens with zero attached hydrogens (tertiary/aromatic N) is 3. The van der Waals surface area contributed by atoms with Gasteiger partial charge in [0.1, 0.15) is 17.6 Å². The summed E-state index contributed by atoms with van der Waals surface area (Å²) in [5.41, 5.74) is 8.12. The molecule has 0 spiro atoms. The fourth-order valence-electron chi connectivity index (χ4n) is 3.79. The molecule has 0 saturated carbocycles. The molecular weight excluding hydrogens is 427 g/mol. The Balaban J connectivity index is 1.33. The van der Waals surface area contributed by atoms with Crippen LogP contribution >= 0.6 is 0 Å². The minimum atomic E-state index is -0.954. The first-order chi connectivity index (χ1) is 15.9. The van der Waals surface area contributed by atoms with Crippen LogP contribution in [0.4, 0.5) is 15.8 Å². The Kier molecular flexibility index (Phi) is 6.64. The van der Waals surface area contributed by atoms with Gasteiger partial charge in [0.05, 0.1) is 23.1 Å². The van der Waals surface area contributed by atoms with E-state index >= 15 is 0 Å². The molecule has 0 unspecified atom stereocenters. The van der Waals surface area contributed by atoms with Crippen LogP contribution in [0, 0.1) is 6.92 Å². The molecule has 0 aliphatic carbocycles. The van der Waals surface area contributed by atoms with E-state index in [0.717, 1.165) is 5.56 Å². The fraction of sp³-hybridized carbons (Fsp3) is 0.304. The molecule has 1 aliphatic heterocycles. The Hall–Kier alpha value is -3.79. The highest BCUT2D eigenvalue weighted by atomic mass is 19.1. The highest BCUT2D eigenvalue weighted by Crippen LogP contribution is 2.23. The van der Waals surface area contributed by atoms with Crippen molar-refractivity contribution in [3.05, 3.63) is 71.4 Å². The van der Waals surface area contributed by atoms with E-state index in [9.17, 15) is 14.0 Å². The van der Waals surface area contributed by atoms with E-state index in [4.69, 9.17) is 10.3 Å². The molecule has 4 rings (SSSR count). The van der Waals surface area contributed by atoms with Gasteiger partial charge < -0.3 is 20.9 Å². The number of nitrogens with two attached hydrogens (primary N) is 1. The zero-order valence-electron chi connectivity index (χ0n) is 18.1. The lowest BCUT2D eigenvalue weighted by atomic mass is 10.1. The Morgan fingerprint density at radius 2 is 2.03 bits per heavy atom. The second kappa shape index (κ2) is 9.78. The van der Waals surface area contributed by atoms with Gasteiger partial charge in [-0.2, -0.15) is 0 Å². The molecule has 2 aromatic heterocycles. The number of aryl methyl sites for hydroxylation is 1. The zero-order chi connectivity index (χ0) is 23.4. The highest BCUT2D eigenvalue weighted by Gasteiger charge is 2.32. The molecule has 10 heteroatoms. The van der Waals surface area contributed by atoms with Crippen molar-refractivity contribution in [3.63, 3.8) is 0 Å². The molecular formula is C23H25FN6O3. The highest BCUT2D eigenvalue weighted by molar-refractivity contribution is 6.04. The lowest BCUT2D eigenvalue weighted by Gasteiger charge is -2.23. The van der Waals surface area contributed by atoms with Crippen molar-refractivity contribution in [1.29, 1.82) is 0 Å². The summed E-state index contributed by atoms with van der Waals surface area (Å²) in [5, 5.41) is 9.29. The molecule has 0 radical (unpaired) electrons. The number of aromatic nitrogens is 2. The van der Waals surface area contributed by atoms with E-state index in [-0.39, 0.29) is 17.6 Å². The Morgan fingerprint density at radius 3 is 2.73 bits per heavy atom. The number of benzene rings is 1. The number of likely N-dealkylation sites (tertiary alicyclic amines) is 1. The lowest BCUT2D eigenvalue weighted by molar-refractivity contribution is 0.0937. The molecule has 3 aromatic rings. The summed E-state index contributed by atoms with van der Waals surface area (Å²) in [6.45, 7) is 2.91. The van der Waals surface area contributed by atoms with Crippen molar-refractivity contribution in [2.75, 3.05) is 24.1 Å². The van der Waals surface area contributed by atoms with Crippen LogP contribution < -0.4 is 16.4 Å². The smallest absolute Gasteiger partial charge is 0.274 e. The molecule has 4 N–H and O–H groups in total. The van der Waals surface area contributed by atoms with E-state index in [2.05, 4.69) is 20.8 Å². The molecule has 1 aromatic carbocycles. The normalized spacial score (nSPS) is 18.2. The number of carbonyl (C=O) groups is 2. The number of pyridine rings is 1. The molecule has 1 aliphatic rings. The number of nitrogen functional groups attached to an aromatic ring is 1. The molecule has 0 bridgehead atoms. The maximum Gasteiger partial charge on any atom is 0.274 e. The number of para-hydroxylation sites is 2. The Morgan fingerprint density at radius 1 is 1.21 bits per heavy atom. The third kappa shape index (κ3) is 5.35. The average Bonchev–Trinajstić information content (AvgIpc) is 3.38. The predicted molar refractivity (Wildman–Crippen MR) is 120 cm³/mol. The van der Waals surface area contributed by atoms with Gasteiger partial charge in [-0.3, -0.25) is 19.5 Å². The number of halogens is 1. The minimum absolute atomic E-state index is 0.146. The second-order valence-electron chi connectivity index (χ2n) is 8.01. The number of nitrogens with one attached hydrogen (secondary N) is 2. The van der Waals surface area contributed by atoms with Crippen LogP contribution in [0.2, 0.25) is 0 Å². The van der Waals surface area contributed by atoms with Gasteiger partial charge in [-0.15, -0.1) is 0 Å². The summed E-state index contributed by atoms with van der Waals surface area (Å²) < 4.78 is 19.1. The molecule has 9 nitrogen and oxygen atoms in total. The fourth-order valence-corrected chi connectivity index (χ4v) is 3.79. The third-order valence-electron chi connectivity index (χ3n) is 5.67. The summed E-state index contributed by atoms with van der Waals surface area (Å²) in [5.74, 6) is -0.0742. The maximum absolute atomic E-state index is 14.1. The van der Waals surface area contributed by atoms with Gasteiger partial charge in [-0.1, -0.05) is 17.3 Å². The van der Waals surface area contributed by atoms with Gasteiger partial charge in [0.15, 0.2) is 0 Å². The van der Waals surface area contributed by atoms with Crippen molar-refractivity contribution < 1.29 is 18.5 Å². The first-order valence-electron chi connectivity index (χ1n) is 10.6. The summed E-state index contributed by atoms with van der Waals surface area (Å²) in [7, 11) is 0. The summed E-state index contributed by atoms with van der Waals surface area (Å²) in [6, 6.07) is 9.75. The number of hydrogen-bond acceptors (Lipinski definition) is 7. The zero-order valence-corrected chi connectivity index (χ0v) is 18.1. The average molecular weight is 452 g/mol. The van der Waals surface area contributed by atoms with Gasteiger partial charge >= 0.3 is 0 Å². The minimum Gasteiger partial charge on any atom is -0.397 e. The molecule has 2 atom stereocenters. The van der Waals surface area contributed by atoms with Crippen molar-refractivity contribution in [3.8, 4) is 0 Å². The molecule has 1 fully saturated rings. The van der Waals surface area contributed by atoms with E-state index in [0.29, 0.717) is 48.8 Å². The third-order valence-corrected chi connectivity index (χ3v) is 5.67. The number of amides is 2. The first-order valence-corrected chi connectivity index (χ1v) is 10.6. The van der Waals surface area contributed by atoms with Crippen LogP contribution in [0.5, 0.6) is 0 Å². The van der Waals surface area contributed by atoms with Crippen molar-refractivity contribution in [2.45, 2.75) is 32.1 Å². The summed E-state index contributed by atoms with van der Waals surface area (Å²) in [6.07, 6.45) is 2.35. The molecule has 3 heterocycles. The molecule has 33 heavy (non-hydrogen) atoms. The van der Waals surface area contributed by atoms with Crippen molar-refractivity contribution in [2.24, 2.45) is 0 Å². The van der Waals surface area contributed by atoms with Gasteiger partial charge in [0.2, 0.25) is 0 Å². The lowest BCUT2D eigenvalue weighted by Crippen LogP contribution is -2.39. The Labute approximate surface area is 190 Å². The van der Waals surface area contributed by atoms with Crippen LogP contribution in [0.3, 0.4) is 0 Å². The van der Waals surface area contributed by atoms with E-state index in [1.165, 1.54) is 18.3 Å². The number of rotatable bonds is 7. The van der Waals surface area contributed by atoms with Crippen LogP contribution in [0.1, 0.15) is 38.6 Å². The Bertz CT molecular complexity index is 1130. The van der Waals surface area contributed by atoms with Crippen molar-refractivity contribution in [1.82, 2.24) is 20.4 Å². The topological polar surface area (TPSA) is 126 Å². The van der Waals surface area contributed by atoms with Gasteiger partial charge in [0.25, 0.3) is 11.8 Å². The quantitative estimate of drug-likeness (QED) is 0.470. The number of carbonyl (C=O) groups excluding carboxylic acids is 2. The monoisotopic (exact) mass is 452 g/mol. The predicted octanol–water partition coefficient (Wildman–Crippen LogP) is 2.55. The van der Waals surface area contributed by atoms with Gasteiger partial charge in [0, 0.05) is 37.4 Å². The van der Waals surface area contributed by atoms with Crippen LogP contribution in [-0.2, 0) is 6.54 Å². The van der Waals surface area contributed by atoms with E-state index < -0.39 is 12.1 Å². The van der Waals surface area contributed by atoms with E-state index in [1.54, 1.807) is 30.5 Å². The number of anilines is 2. The maximum atomic E-state index is 14.1. The summed E-state index contributed by atoms with van der Waals surface area (Å²) >= 11 is 0. The first kappa shape index (κ1) is 22.4. The van der Waals surface area contributed by atoms with Crippen LogP contribution in [0.15, 0.2) is 53.3 Å². The van der Waals surface area contributed by atoms with Gasteiger partial charge in [-0.25, -0.2) is 4.39 Å². The van der Waals surface area contributed by atoms with Crippen LogP contribution in [0.25, 0.3) is 0 Å². The van der Waals surface area contributed by atoms with Crippen molar-refractivity contribution >= 4 is 23.2 Å².